The van der Waals surface area contributed by atoms with E-state index < -0.39 is 18.0 Å². The van der Waals surface area contributed by atoms with Gasteiger partial charge >= 0.3 is 12.0 Å². The van der Waals surface area contributed by atoms with Gasteiger partial charge in [0.15, 0.2) is 0 Å². The van der Waals surface area contributed by atoms with Gasteiger partial charge in [-0.25, -0.2) is 9.59 Å². The van der Waals surface area contributed by atoms with Crippen molar-refractivity contribution < 1.29 is 14.7 Å². The minimum Gasteiger partial charge on any atom is -0.480 e. The SMILES string of the molecule is CSc1ccc(NC(=O)N[C@@H](CC(C)CC(C)(C)C)C(=O)O)cc1. The Morgan fingerprint density at radius 3 is 2.25 bits per heavy atom. The molecule has 1 rings (SSSR count). The Bertz CT molecular complexity index is 552. The number of urea groups is 1. The van der Waals surface area contributed by atoms with Gasteiger partial charge in [0.05, 0.1) is 0 Å². The fourth-order valence-corrected chi connectivity index (χ4v) is 3.16. The molecule has 134 valence electrons. The van der Waals surface area contributed by atoms with Gasteiger partial charge in [-0.3, -0.25) is 0 Å². The largest absolute Gasteiger partial charge is 0.480 e. The molecule has 0 saturated heterocycles. The number of hydrogen-bond acceptors (Lipinski definition) is 3. The number of amides is 2. The van der Waals surface area contributed by atoms with E-state index in [-0.39, 0.29) is 11.3 Å². The molecule has 6 heteroatoms. The quantitative estimate of drug-likeness (QED) is 0.634. The fourth-order valence-electron chi connectivity index (χ4n) is 2.75. The van der Waals surface area contributed by atoms with Crippen molar-refractivity contribution in [3.63, 3.8) is 0 Å². The lowest BCUT2D eigenvalue weighted by molar-refractivity contribution is -0.139. The van der Waals surface area contributed by atoms with Crippen molar-refractivity contribution in [1.29, 1.82) is 0 Å². The lowest BCUT2D eigenvalue weighted by atomic mass is 9.83. The Morgan fingerprint density at radius 1 is 1.21 bits per heavy atom. The van der Waals surface area contributed by atoms with Crippen LogP contribution in [0.4, 0.5) is 10.5 Å². The molecule has 1 unspecified atom stereocenters. The maximum Gasteiger partial charge on any atom is 0.326 e. The second-order valence-electron chi connectivity index (χ2n) is 7.32. The molecule has 0 radical (unpaired) electrons. The summed E-state index contributed by atoms with van der Waals surface area (Å²) in [4.78, 5) is 24.6. The van der Waals surface area contributed by atoms with Gasteiger partial charge < -0.3 is 15.7 Å². The first-order chi connectivity index (χ1) is 11.1. The molecule has 0 aliphatic rings. The summed E-state index contributed by atoms with van der Waals surface area (Å²) >= 11 is 1.62. The minimum absolute atomic E-state index is 0.129. The molecule has 0 spiro atoms. The van der Waals surface area contributed by atoms with E-state index in [4.69, 9.17) is 0 Å². The van der Waals surface area contributed by atoms with E-state index in [1.54, 1.807) is 23.9 Å². The number of nitrogens with one attached hydrogen (secondary N) is 2. The smallest absolute Gasteiger partial charge is 0.326 e. The third-order valence-corrected chi connectivity index (χ3v) is 4.29. The Morgan fingerprint density at radius 2 is 1.79 bits per heavy atom. The predicted octanol–water partition coefficient (Wildman–Crippen LogP) is 4.45. The van der Waals surface area contributed by atoms with Gasteiger partial charge in [0.25, 0.3) is 0 Å². The zero-order chi connectivity index (χ0) is 18.3. The zero-order valence-corrected chi connectivity index (χ0v) is 15.9. The Labute approximate surface area is 148 Å². The first-order valence-corrected chi connectivity index (χ1v) is 9.27. The average molecular weight is 353 g/mol. The third-order valence-electron chi connectivity index (χ3n) is 3.55. The van der Waals surface area contributed by atoms with E-state index in [1.807, 2.05) is 25.3 Å². The van der Waals surface area contributed by atoms with Gasteiger partial charge in [-0.15, -0.1) is 11.8 Å². The summed E-state index contributed by atoms with van der Waals surface area (Å²) in [5, 5.41) is 14.6. The number of carbonyl (C=O) groups excluding carboxylic acids is 1. The molecule has 2 atom stereocenters. The van der Waals surface area contributed by atoms with Gasteiger partial charge in [-0.2, -0.15) is 0 Å². The highest BCUT2D eigenvalue weighted by Crippen LogP contribution is 2.26. The Hall–Kier alpha value is -1.69. The number of thioether (sulfide) groups is 1. The molecular weight excluding hydrogens is 324 g/mol. The van der Waals surface area contributed by atoms with Gasteiger partial charge in [0.1, 0.15) is 6.04 Å². The molecule has 0 heterocycles. The van der Waals surface area contributed by atoms with Crippen LogP contribution >= 0.6 is 11.8 Å². The number of carboxylic acids is 1. The van der Waals surface area contributed by atoms with Crippen LogP contribution in [0.25, 0.3) is 0 Å². The van der Waals surface area contributed by atoms with Crippen LogP contribution in [-0.4, -0.2) is 29.4 Å². The molecule has 0 aromatic heterocycles. The summed E-state index contributed by atoms with van der Waals surface area (Å²) in [6.07, 6.45) is 3.28. The zero-order valence-electron chi connectivity index (χ0n) is 15.1. The summed E-state index contributed by atoms with van der Waals surface area (Å²) in [5.41, 5.74) is 0.765. The van der Waals surface area contributed by atoms with Crippen LogP contribution in [0.1, 0.15) is 40.5 Å². The average Bonchev–Trinajstić information content (AvgIpc) is 2.45. The van der Waals surface area contributed by atoms with Crippen molar-refractivity contribution in [3.8, 4) is 0 Å². The minimum atomic E-state index is -1.01. The first-order valence-electron chi connectivity index (χ1n) is 8.05. The number of rotatable bonds is 7. The molecule has 0 saturated carbocycles. The highest BCUT2D eigenvalue weighted by molar-refractivity contribution is 7.98. The number of hydrogen-bond donors (Lipinski definition) is 3. The van der Waals surface area contributed by atoms with E-state index in [9.17, 15) is 14.7 Å². The molecule has 3 N–H and O–H groups in total. The molecule has 2 amide bonds. The highest BCUT2D eigenvalue weighted by Gasteiger charge is 2.25. The summed E-state index contributed by atoms with van der Waals surface area (Å²) in [7, 11) is 0. The van der Waals surface area contributed by atoms with Crippen molar-refractivity contribution >= 4 is 29.4 Å². The maximum atomic E-state index is 12.1. The molecule has 1 aromatic rings. The molecule has 1 aromatic carbocycles. The van der Waals surface area contributed by atoms with Crippen molar-refractivity contribution in [2.75, 3.05) is 11.6 Å². The second kappa shape index (κ2) is 8.97. The van der Waals surface area contributed by atoms with Crippen LogP contribution in [0, 0.1) is 11.3 Å². The molecule has 0 fully saturated rings. The van der Waals surface area contributed by atoms with Gasteiger partial charge in [0, 0.05) is 10.6 Å². The third kappa shape index (κ3) is 7.73. The summed E-state index contributed by atoms with van der Waals surface area (Å²) in [5.74, 6) is -0.809. The van der Waals surface area contributed by atoms with E-state index in [2.05, 4.69) is 31.4 Å². The van der Waals surface area contributed by atoms with E-state index in [1.165, 1.54) is 0 Å². The Kier molecular flexibility index (Phi) is 7.60. The normalized spacial score (nSPS) is 13.9. The summed E-state index contributed by atoms with van der Waals surface area (Å²) < 4.78 is 0. The van der Waals surface area contributed by atoms with Crippen LogP contribution in [0.15, 0.2) is 29.2 Å². The molecule has 24 heavy (non-hydrogen) atoms. The standard InChI is InChI=1S/C18H28N2O3S/c1-12(11-18(2,3)4)10-15(16(21)22)20-17(23)19-13-6-8-14(24-5)9-7-13/h6-9,12,15H,10-11H2,1-5H3,(H,21,22)(H2,19,20,23)/t12?,15-/m0/s1. The fraction of sp³-hybridized carbons (Fsp3) is 0.556. The number of carboxylic acid groups (broad SMARTS) is 1. The van der Waals surface area contributed by atoms with Crippen LogP contribution in [0.5, 0.6) is 0 Å². The first kappa shape index (κ1) is 20.4. The molecule has 5 nitrogen and oxygen atoms in total. The predicted molar refractivity (Wildman–Crippen MR) is 99.7 cm³/mol. The van der Waals surface area contributed by atoms with E-state index in [0.717, 1.165) is 11.3 Å². The lowest BCUT2D eigenvalue weighted by Crippen LogP contribution is -2.44. The molecule has 0 aliphatic heterocycles. The number of aliphatic carboxylic acids is 1. The van der Waals surface area contributed by atoms with Crippen molar-refractivity contribution in [2.24, 2.45) is 11.3 Å². The van der Waals surface area contributed by atoms with E-state index >= 15 is 0 Å². The second-order valence-corrected chi connectivity index (χ2v) is 8.20. The summed E-state index contributed by atoms with van der Waals surface area (Å²) in [6.45, 7) is 8.38. The number of anilines is 1. The van der Waals surface area contributed by atoms with Crippen LogP contribution in [0.2, 0.25) is 0 Å². The van der Waals surface area contributed by atoms with Gasteiger partial charge in [-0.1, -0.05) is 27.7 Å². The molecule has 0 aliphatic carbocycles. The van der Waals surface area contributed by atoms with Crippen molar-refractivity contribution in [3.05, 3.63) is 24.3 Å². The molecule has 0 bridgehead atoms. The lowest BCUT2D eigenvalue weighted by Gasteiger charge is -2.25. The van der Waals surface area contributed by atoms with Crippen molar-refractivity contribution in [1.82, 2.24) is 5.32 Å². The van der Waals surface area contributed by atoms with Crippen LogP contribution in [0.3, 0.4) is 0 Å². The monoisotopic (exact) mass is 352 g/mol. The van der Waals surface area contributed by atoms with Crippen molar-refractivity contribution in [2.45, 2.75) is 51.5 Å². The molecular formula is C18H28N2O3S. The summed E-state index contributed by atoms with van der Waals surface area (Å²) in [6, 6.07) is 6.00. The Balaban J connectivity index is 2.60. The maximum absolute atomic E-state index is 12.1. The number of benzene rings is 1. The number of carbonyl (C=O) groups is 2. The highest BCUT2D eigenvalue weighted by atomic mass is 32.2. The van der Waals surface area contributed by atoms with Crippen LogP contribution in [-0.2, 0) is 4.79 Å². The topological polar surface area (TPSA) is 78.4 Å². The van der Waals surface area contributed by atoms with Gasteiger partial charge in [-0.05, 0) is 54.7 Å². The van der Waals surface area contributed by atoms with E-state index in [0.29, 0.717) is 12.1 Å². The van der Waals surface area contributed by atoms with Crippen LogP contribution < -0.4 is 10.6 Å². The van der Waals surface area contributed by atoms with Gasteiger partial charge in [0.2, 0.25) is 0 Å².